The maximum atomic E-state index is 13.4. The molecule has 0 bridgehead atoms. The summed E-state index contributed by atoms with van der Waals surface area (Å²) in [4.78, 5) is 18.7. The van der Waals surface area contributed by atoms with Crippen molar-refractivity contribution in [3.05, 3.63) is 53.6 Å². The third-order valence-electron chi connectivity index (χ3n) is 4.48. The summed E-state index contributed by atoms with van der Waals surface area (Å²) < 4.78 is 19.3. The molecule has 1 aromatic heterocycles. The Bertz CT molecular complexity index is 775. The molecule has 1 saturated heterocycles. The number of ketones is 1. The fourth-order valence-electron chi connectivity index (χ4n) is 3.22. The van der Waals surface area contributed by atoms with E-state index in [0.717, 1.165) is 38.1 Å². The zero-order valence-corrected chi connectivity index (χ0v) is 13.2. The van der Waals surface area contributed by atoms with Crippen molar-refractivity contribution in [3.8, 4) is 5.75 Å². The number of nitrogens with one attached hydrogen (secondary N) is 1. The third-order valence-corrected chi connectivity index (χ3v) is 4.48. The van der Waals surface area contributed by atoms with Crippen LogP contribution in [0.5, 0.6) is 5.75 Å². The topological polar surface area (TPSA) is 54.5 Å². The number of nitrogens with zero attached hydrogens (tertiary/aromatic N) is 2. The highest BCUT2D eigenvalue weighted by Gasteiger charge is 2.29. The number of carbonyl (C=O) groups excluding carboxylic acids is 1. The summed E-state index contributed by atoms with van der Waals surface area (Å²) in [7, 11) is 0. The van der Waals surface area contributed by atoms with E-state index in [9.17, 15) is 9.18 Å². The number of piperazine rings is 1. The highest BCUT2D eigenvalue weighted by Crippen LogP contribution is 2.36. The molecule has 0 amide bonds. The van der Waals surface area contributed by atoms with Crippen LogP contribution in [0.2, 0.25) is 0 Å². The molecule has 0 radical (unpaired) electrons. The van der Waals surface area contributed by atoms with Gasteiger partial charge in [-0.25, -0.2) is 4.39 Å². The molecular weight excluding hydrogens is 309 g/mol. The zero-order chi connectivity index (χ0) is 16.5. The second kappa shape index (κ2) is 6.20. The summed E-state index contributed by atoms with van der Waals surface area (Å²) in [6, 6.07) is 7.08. The molecule has 4 rings (SSSR count). The van der Waals surface area contributed by atoms with Gasteiger partial charge in [-0.1, -0.05) is 0 Å². The minimum atomic E-state index is -0.488. The lowest BCUT2D eigenvalue weighted by Gasteiger charge is -2.31. The van der Waals surface area contributed by atoms with E-state index in [4.69, 9.17) is 4.74 Å². The predicted molar refractivity (Wildman–Crippen MR) is 88.0 cm³/mol. The molecule has 3 heterocycles. The van der Waals surface area contributed by atoms with E-state index < -0.39 is 11.9 Å². The molecule has 124 valence electrons. The van der Waals surface area contributed by atoms with Crippen LogP contribution in [-0.4, -0.2) is 36.9 Å². The third kappa shape index (κ3) is 2.85. The monoisotopic (exact) mass is 327 g/mol. The van der Waals surface area contributed by atoms with Gasteiger partial charge in [-0.3, -0.25) is 9.78 Å². The first-order valence-electron chi connectivity index (χ1n) is 8.11. The van der Waals surface area contributed by atoms with Crippen LogP contribution in [-0.2, 0) is 0 Å². The molecule has 0 spiro atoms. The Morgan fingerprint density at radius 3 is 2.83 bits per heavy atom. The first-order valence-corrected chi connectivity index (χ1v) is 8.11. The molecule has 2 aromatic rings. The maximum Gasteiger partial charge on any atom is 0.170 e. The summed E-state index contributed by atoms with van der Waals surface area (Å²) in [5, 5.41) is 3.31. The molecule has 5 nitrogen and oxygen atoms in total. The van der Waals surface area contributed by atoms with Crippen LogP contribution in [0.15, 0.2) is 36.7 Å². The van der Waals surface area contributed by atoms with Crippen molar-refractivity contribution in [1.29, 1.82) is 0 Å². The Balaban J connectivity index is 1.61. The first-order chi connectivity index (χ1) is 11.7. The number of ether oxygens (including phenoxy) is 1. The quantitative estimate of drug-likeness (QED) is 0.917. The lowest BCUT2D eigenvalue weighted by molar-refractivity contribution is 0.0849. The van der Waals surface area contributed by atoms with Crippen molar-refractivity contribution in [2.45, 2.75) is 12.5 Å². The second-order valence-corrected chi connectivity index (χ2v) is 6.09. The zero-order valence-electron chi connectivity index (χ0n) is 13.2. The average Bonchev–Trinajstić information content (AvgIpc) is 2.62. The molecule has 24 heavy (non-hydrogen) atoms. The number of carbonyl (C=O) groups is 1. The molecular formula is C18H18FN3O2. The van der Waals surface area contributed by atoms with E-state index in [2.05, 4.69) is 15.2 Å². The van der Waals surface area contributed by atoms with Gasteiger partial charge in [0, 0.05) is 43.6 Å². The van der Waals surface area contributed by atoms with Gasteiger partial charge in [-0.2, -0.15) is 0 Å². The van der Waals surface area contributed by atoms with Gasteiger partial charge in [0.2, 0.25) is 0 Å². The Morgan fingerprint density at radius 2 is 2.04 bits per heavy atom. The maximum absolute atomic E-state index is 13.4. The lowest BCUT2D eigenvalue weighted by Crippen LogP contribution is -2.43. The van der Waals surface area contributed by atoms with E-state index in [1.807, 2.05) is 18.2 Å². The number of hydrogen-bond acceptors (Lipinski definition) is 5. The minimum Gasteiger partial charge on any atom is -0.484 e. The number of halogens is 1. The van der Waals surface area contributed by atoms with Crippen molar-refractivity contribution in [3.63, 3.8) is 0 Å². The fourth-order valence-corrected chi connectivity index (χ4v) is 3.22. The Kier molecular flexibility index (Phi) is 3.90. The summed E-state index contributed by atoms with van der Waals surface area (Å²) >= 11 is 0. The van der Waals surface area contributed by atoms with Gasteiger partial charge in [0.05, 0.1) is 18.2 Å². The van der Waals surface area contributed by atoms with E-state index >= 15 is 0 Å². The van der Waals surface area contributed by atoms with E-state index in [0.29, 0.717) is 16.9 Å². The summed E-state index contributed by atoms with van der Waals surface area (Å²) in [5.41, 5.74) is 2.23. The number of fused-ring (bicyclic) bond motifs is 1. The van der Waals surface area contributed by atoms with Crippen LogP contribution < -0.4 is 15.0 Å². The minimum absolute atomic E-state index is 0.0162. The number of anilines is 1. The van der Waals surface area contributed by atoms with Crippen LogP contribution in [0, 0.1) is 5.82 Å². The Hall–Kier alpha value is -2.47. The average molecular weight is 327 g/mol. The van der Waals surface area contributed by atoms with E-state index in [1.165, 1.54) is 6.07 Å². The number of aromatic nitrogens is 1. The SMILES string of the molecule is O=C1CC(c2cncc(F)c2)Oc2ccc(N3CCNCC3)cc21. The van der Waals surface area contributed by atoms with Crippen molar-refractivity contribution < 1.29 is 13.9 Å². The van der Waals surface area contributed by atoms with Crippen LogP contribution in [0.4, 0.5) is 10.1 Å². The molecule has 2 aliphatic heterocycles. The number of Topliss-reactive ketones (excluding diaryl/α,β-unsaturated/α-hetero) is 1. The fraction of sp³-hybridized carbons (Fsp3) is 0.333. The molecule has 0 aliphatic carbocycles. The highest BCUT2D eigenvalue weighted by atomic mass is 19.1. The van der Waals surface area contributed by atoms with Gasteiger partial charge in [0.15, 0.2) is 5.78 Å². The van der Waals surface area contributed by atoms with Gasteiger partial charge in [-0.05, 0) is 24.3 Å². The number of rotatable bonds is 2. The smallest absolute Gasteiger partial charge is 0.170 e. The van der Waals surface area contributed by atoms with E-state index in [-0.39, 0.29) is 12.2 Å². The molecule has 2 aliphatic rings. The summed E-state index contributed by atoms with van der Waals surface area (Å²) in [5.74, 6) is 0.144. The van der Waals surface area contributed by atoms with Crippen LogP contribution in [0.25, 0.3) is 0 Å². The normalized spacial score (nSPS) is 20.5. The summed E-state index contributed by atoms with van der Waals surface area (Å²) in [6.07, 6.45) is 2.39. The van der Waals surface area contributed by atoms with Crippen molar-refractivity contribution in [1.82, 2.24) is 10.3 Å². The number of hydrogen-bond donors (Lipinski definition) is 1. The molecule has 1 aromatic carbocycles. The molecule has 1 atom stereocenters. The van der Waals surface area contributed by atoms with E-state index in [1.54, 1.807) is 6.20 Å². The Morgan fingerprint density at radius 1 is 1.21 bits per heavy atom. The number of benzene rings is 1. The van der Waals surface area contributed by atoms with Gasteiger partial charge < -0.3 is 15.0 Å². The van der Waals surface area contributed by atoms with Crippen LogP contribution in [0.1, 0.15) is 28.4 Å². The number of pyridine rings is 1. The lowest BCUT2D eigenvalue weighted by atomic mass is 9.96. The predicted octanol–water partition coefficient (Wildman–Crippen LogP) is 2.34. The molecule has 1 unspecified atom stereocenters. The largest absolute Gasteiger partial charge is 0.484 e. The molecule has 1 fully saturated rings. The standard InChI is InChI=1S/C18H18FN3O2/c19-13-7-12(10-21-11-13)18-9-16(23)15-8-14(1-2-17(15)24-18)22-5-3-20-4-6-22/h1-2,7-8,10-11,18,20H,3-6,9H2. The first kappa shape index (κ1) is 15.1. The van der Waals surface area contributed by atoms with Crippen molar-refractivity contribution >= 4 is 11.5 Å². The highest BCUT2D eigenvalue weighted by molar-refractivity contribution is 6.00. The van der Waals surface area contributed by atoms with Gasteiger partial charge in [0.25, 0.3) is 0 Å². The van der Waals surface area contributed by atoms with Gasteiger partial charge >= 0.3 is 0 Å². The van der Waals surface area contributed by atoms with Crippen molar-refractivity contribution in [2.75, 3.05) is 31.1 Å². The van der Waals surface area contributed by atoms with Crippen LogP contribution in [0.3, 0.4) is 0 Å². The molecule has 0 saturated carbocycles. The Labute approximate surface area is 139 Å². The molecule has 1 N–H and O–H groups in total. The molecule has 6 heteroatoms. The summed E-state index contributed by atoms with van der Waals surface area (Å²) in [6.45, 7) is 3.73. The van der Waals surface area contributed by atoms with Crippen LogP contribution >= 0.6 is 0 Å². The van der Waals surface area contributed by atoms with Crippen molar-refractivity contribution in [2.24, 2.45) is 0 Å². The van der Waals surface area contributed by atoms with Gasteiger partial charge in [0.1, 0.15) is 17.7 Å². The van der Waals surface area contributed by atoms with Gasteiger partial charge in [-0.15, -0.1) is 0 Å². The second-order valence-electron chi connectivity index (χ2n) is 6.09.